The Kier molecular flexibility index (Phi) is 7.37. The molecule has 0 radical (unpaired) electrons. The van der Waals surface area contributed by atoms with Crippen molar-refractivity contribution in [2.45, 2.75) is 13.5 Å². The first kappa shape index (κ1) is 20.0. The van der Waals surface area contributed by atoms with Gasteiger partial charge in [0.2, 0.25) is 0 Å². The molecule has 0 saturated heterocycles. The molecule has 7 heteroatoms. The van der Waals surface area contributed by atoms with Crippen LogP contribution in [-0.2, 0) is 20.9 Å². The van der Waals surface area contributed by atoms with Gasteiger partial charge in [-0.15, -0.1) is 0 Å². The number of carbonyl (C=O) groups is 3. The molecule has 2 amide bonds. The molecule has 0 fully saturated rings. The number of ether oxygens (including phenoxy) is 2. The Labute approximate surface area is 157 Å². The highest BCUT2D eigenvalue weighted by molar-refractivity contribution is 5.96. The smallest absolute Gasteiger partial charge is 0.325 e. The van der Waals surface area contributed by atoms with Gasteiger partial charge in [0.15, 0.2) is 6.61 Å². The second-order valence-electron chi connectivity index (χ2n) is 5.78. The summed E-state index contributed by atoms with van der Waals surface area (Å²) < 4.78 is 9.87. The number of hydrogen-bond acceptors (Lipinski definition) is 5. The van der Waals surface area contributed by atoms with Crippen LogP contribution in [0, 0.1) is 6.92 Å². The number of rotatable bonds is 8. The summed E-state index contributed by atoms with van der Waals surface area (Å²) in [6.07, 6.45) is 0. The van der Waals surface area contributed by atoms with Crippen LogP contribution in [0.15, 0.2) is 48.5 Å². The predicted octanol–water partition coefficient (Wildman–Crippen LogP) is 1.59. The van der Waals surface area contributed by atoms with Crippen LogP contribution in [0.25, 0.3) is 0 Å². The summed E-state index contributed by atoms with van der Waals surface area (Å²) in [5, 5.41) is 5.12. The molecular formula is C20H22N2O5. The molecule has 2 rings (SSSR count). The highest BCUT2D eigenvalue weighted by Crippen LogP contribution is 2.11. The molecule has 2 N–H and O–H groups in total. The average molecular weight is 370 g/mol. The molecule has 0 unspecified atom stereocenters. The molecule has 2 aromatic carbocycles. The zero-order valence-electron chi connectivity index (χ0n) is 15.3. The number of nitrogens with one attached hydrogen (secondary N) is 2. The van der Waals surface area contributed by atoms with E-state index in [1.54, 1.807) is 24.3 Å². The summed E-state index contributed by atoms with van der Waals surface area (Å²) in [6, 6.07) is 14.1. The number of carbonyl (C=O) groups excluding carboxylic acids is 3. The van der Waals surface area contributed by atoms with Crippen molar-refractivity contribution in [1.82, 2.24) is 10.6 Å². The summed E-state index contributed by atoms with van der Waals surface area (Å²) in [6.45, 7) is 1.59. The number of amides is 2. The molecule has 0 aromatic heterocycles. The van der Waals surface area contributed by atoms with Gasteiger partial charge in [-0.05, 0) is 42.3 Å². The Balaban J connectivity index is 1.68. The first-order chi connectivity index (χ1) is 13.0. The van der Waals surface area contributed by atoms with Gasteiger partial charge in [0.1, 0.15) is 12.3 Å². The van der Waals surface area contributed by atoms with Gasteiger partial charge >= 0.3 is 5.97 Å². The molecule has 0 spiro atoms. The standard InChI is InChI=1S/C20H22N2O5/c1-14-5-3-4-6-16(14)11-21-18(23)13-27-19(24)12-22-20(25)15-7-9-17(26-2)10-8-15/h3-10H,11-13H2,1-2H3,(H,21,23)(H,22,25). The van der Waals surface area contributed by atoms with E-state index < -0.39 is 24.4 Å². The summed E-state index contributed by atoms with van der Waals surface area (Å²) in [5.74, 6) is -0.891. The SMILES string of the molecule is COc1ccc(C(=O)NCC(=O)OCC(=O)NCc2ccccc2C)cc1. The monoisotopic (exact) mass is 370 g/mol. The van der Waals surface area contributed by atoms with Crippen molar-refractivity contribution in [1.29, 1.82) is 0 Å². The molecule has 0 atom stereocenters. The van der Waals surface area contributed by atoms with Crippen molar-refractivity contribution in [3.8, 4) is 5.75 Å². The number of esters is 1. The Morgan fingerprint density at radius 2 is 1.67 bits per heavy atom. The lowest BCUT2D eigenvalue weighted by molar-refractivity contribution is -0.147. The molecule has 0 aliphatic heterocycles. The lowest BCUT2D eigenvalue weighted by atomic mass is 10.1. The van der Waals surface area contributed by atoms with Gasteiger partial charge in [-0.25, -0.2) is 0 Å². The molecule has 0 aliphatic rings. The number of benzene rings is 2. The van der Waals surface area contributed by atoms with E-state index in [0.29, 0.717) is 17.9 Å². The van der Waals surface area contributed by atoms with Crippen LogP contribution in [0.2, 0.25) is 0 Å². The average Bonchev–Trinajstić information content (AvgIpc) is 2.69. The topological polar surface area (TPSA) is 93.7 Å². The van der Waals surface area contributed by atoms with Crippen LogP contribution in [-0.4, -0.2) is 38.0 Å². The highest BCUT2D eigenvalue weighted by Gasteiger charge is 2.11. The van der Waals surface area contributed by atoms with Crippen LogP contribution in [0.1, 0.15) is 21.5 Å². The van der Waals surface area contributed by atoms with Gasteiger partial charge in [0.05, 0.1) is 7.11 Å². The third-order valence-electron chi connectivity index (χ3n) is 3.85. The van der Waals surface area contributed by atoms with Crippen molar-refractivity contribution >= 4 is 17.8 Å². The molecule has 0 aliphatic carbocycles. The van der Waals surface area contributed by atoms with E-state index in [1.165, 1.54) is 7.11 Å². The van der Waals surface area contributed by atoms with Gasteiger partial charge in [0, 0.05) is 12.1 Å². The van der Waals surface area contributed by atoms with E-state index in [2.05, 4.69) is 10.6 Å². The minimum absolute atomic E-state index is 0.323. The predicted molar refractivity (Wildman–Crippen MR) is 99.3 cm³/mol. The normalized spacial score (nSPS) is 10.0. The zero-order valence-corrected chi connectivity index (χ0v) is 15.3. The van der Waals surface area contributed by atoms with Gasteiger partial charge in [0.25, 0.3) is 11.8 Å². The Bertz CT molecular complexity index is 802. The Morgan fingerprint density at radius 1 is 0.963 bits per heavy atom. The maximum absolute atomic E-state index is 11.9. The highest BCUT2D eigenvalue weighted by atomic mass is 16.5. The van der Waals surface area contributed by atoms with Crippen molar-refractivity contribution in [2.75, 3.05) is 20.3 Å². The summed E-state index contributed by atoms with van der Waals surface area (Å²) in [7, 11) is 1.53. The lowest BCUT2D eigenvalue weighted by Crippen LogP contribution is -2.33. The minimum atomic E-state index is -0.692. The van der Waals surface area contributed by atoms with E-state index in [-0.39, 0.29) is 6.54 Å². The maximum atomic E-state index is 11.9. The first-order valence-electron chi connectivity index (χ1n) is 8.38. The summed E-state index contributed by atoms with van der Waals surface area (Å²) in [4.78, 5) is 35.4. The molecule has 7 nitrogen and oxygen atoms in total. The van der Waals surface area contributed by atoms with Gasteiger partial charge in [-0.3, -0.25) is 14.4 Å². The second-order valence-corrected chi connectivity index (χ2v) is 5.78. The number of hydrogen-bond donors (Lipinski definition) is 2. The number of methoxy groups -OCH3 is 1. The van der Waals surface area contributed by atoms with E-state index in [4.69, 9.17) is 9.47 Å². The Morgan fingerprint density at radius 3 is 2.33 bits per heavy atom. The fourth-order valence-electron chi connectivity index (χ4n) is 2.25. The molecule has 27 heavy (non-hydrogen) atoms. The molecule has 0 heterocycles. The lowest BCUT2D eigenvalue weighted by Gasteiger charge is -2.09. The zero-order chi connectivity index (χ0) is 19.6. The van der Waals surface area contributed by atoms with E-state index in [9.17, 15) is 14.4 Å². The summed E-state index contributed by atoms with van der Waals surface area (Å²) in [5.41, 5.74) is 2.44. The third kappa shape index (κ3) is 6.47. The molecule has 0 saturated carbocycles. The fraction of sp³-hybridized carbons (Fsp3) is 0.250. The van der Waals surface area contributed by atoms with Gasteiger partial charge in [-0.1, -0.05) is 24.3 Å². The molecular weight excluding hydrogens is 348 g/mol. The molecule has 142 valence electrons. The number of aryl methyl sites for hydroxylation is 1. The van der Waals surface area contributed by atoms with Crippen molar-refractivity contribution in [2.24, 2.45) is 0 Å². The van der Waals surface area contributed by atoms with E-state index in [0.717, 1.165) is 11.1 Å². The van der Waals surface area contributed by atoms with Crippen LogP contribution in [0.3, 0.4) is 0 Å². The Hall–Kier alpha value is -3.35. The van der Waals surface area contributed by atoms with Crippen LogP contribution < -0.4 is 15.4 Å². The van der Waals surface area contributed by atoms with Gasteiger partial charge in [-0.2, -0.15) is 0 Å². The quantitative estimate of drug-likeness (QED) is 0.689. The second kappa shape index (κ2) is 9.96. The molecule has 2 aromatic rings. The third-order valence-corrected chi connectivity index (χ3v) is 3.85. The van der Waals surface area contributed by atoms with E-state index >= 15 is 0 Å². The van der Waals surface area contributed by atoms with Crippen LogP contribution in [0.4, 0.5) is 0 Å². The fourth-order valence-corrected chi connectivity index (χ4v) is 2.25. The van der Waals surface area contributed by atoms with E-state index in [1.807, 2.05) is 31.2 Å². The van der Waals surface area contributed by atoms with Crippen molar-refractivity contribution < 1.29 is 23.9 Å². The van der Waals surface area contributed by atoms with Crippen LogP contribution >= 0.6 is 0 Å². The first-order valence-corrected chi connectivity index (χ1v) is 8.38. The minimum Gasteiger partial charge on any atom is -0.497 e. The maximum Gasteiger partial charge on any atom is 0.325 e. The van der Waals surface area contributed by atoms with Gasteiger partial charge < -0.3 is 20.1 Å². The van der Waals surface area contributed by atoms with Crippen molar-refractivity contribution in [3.05, 3.63) is 65.2 Å². The molecule has 0 bridgehead atoms. The van der Waals surface area contributed by atoms with Crippen molar-refractivity contribution in [3.63, 3.8) is 0 Å². The largest absolute Gasteiger partial charge is 0.497 e. The van der Waals surface area contributed by atoms with Crippen LogP contribution in [0.5, 0.6) is 5.75 Å². The summed E-state index contributed by atoms with van der Waals surface area (Å²) >= 11 is 0.